The predicted molar refractivity (Wildman–Crippen MR) is 109 cm³/mol. The maximum Gasteiger partial charge on any atom is 0.226 e. The Morgan fingerprint density at radius 1 is 1.14 bits per heavy atom. The Morgan fingerprint density at radius 3 is 2.64 bits per heavy atom. The summed E-state index contributed by atoms with van der Waals surface area (Å²) in [6, 6.07) is 3.91. The lowest BCUT2D eigenvalue weighted by Gasteiger charge is -2.33. The molecule has 0 radical (unpaired) electrons. The van der Waals surface area contributed by atoms with Crippen LogP contribution in [0.25, 0.3) is 0 Å². The van der Waals surface area contributed by atoms with E-state index >= 15 is 0 Å². The highest BCUT2D eigenvalue weighted by molar-refractivity contribution is 5.82. The summed E-state index contributed by atoms with van der Waals surface area (Å²) in [7, 11) is 2.14. The van der Waals surface area contributed by atoms with Crippen molar-refractivity contribution in [3.8, 4) is 0 Å². The van der Waals surface area contributed by atoms with Gasteiger partial charge in [0.2, 0.25) is 5.95 Å². The standard InChI is InChI=1S/C18H27N9O/c1-12-9-16(24-23-12)20-15-10-17(27-6-4-26(3)5-7-27)22-18(21-15)19-11-14-8-13(2)25-28-14/h9-10,14H,4-8,11H2,1-3H3,(H3,19,20,21,22,23,24). The summed E-state index contributed by atoms with van der Waals surface area (Å²) in [5.41, 5.74) is 2.00. The van der Waals surface area contributed by atoms with Crippen molar-refractivity contribution in [1.29, 1.82) is 0 Å². The minimum Gasteiger partial charge on any atom is -0.390 e. The molecule has 0 amide bonds. The summed E-state index contributed by atoms with van der Waals surface area (Å²) in [5.74, 6) is 2.91. The fourth-order valence-electron chi connectivity index (χ4n) is 3.27. The second-order valence-corrected chi connectivity index (χ2v) is 7.43. The van der Waals surface area contributed by atoms with Gasteiger partial charge in [-0.2, -0.15) is 15.1 Å². The quantitative estimate of drug-likeness (QED) is 0.688. The molecule has 2 aliphatic heterocycles. The van der Waals surface area contributed by atoms with E-state index < -0.39 is 0 Å². The first-order valence-electron chi connectivity index (χ1n) is 9.60. The first kappa shape index (κ1) is 18.5. The summed E-state index contributed by atoms with van der Waals surface area (Å²) >= 11 is 0. The van der Waals surface area contributed by atoms with Crippen LogP contribution in [0.2, 0.25) is 0 Å². The van der Waals surface area contributed by atoms with Gasteiger partial charge >= 0.3 is 0 Å². The van der Waals surface area contributed by atoms with Crippen LogP contribution in [0.1, 0.15) is 19.0 Å². The largest absolute Gasteiger partial charge is 0.390 e. The van der Waals surface area contributed by atoms with Gasteiger partial charge in [-0.3, -0.25) is 5.10 Å². The number of rotatable bonds is 6. The van der Waals surface area contributed by atoms with Crippen LogP contribution in [0, 0.1) is 6.92 Å². The van der Waals surface area contributed by atoms with Crippen LogP contribution in [0.3, 0.4) is 0 Å². The molecule has 10 heteroatoms. The fraction of sp³-hybridized carbons (Fsp3) is 0.556. The molecule has 2 aromatic rings. The lowest BCUT2D eigenvalue weighted by Crippen LogP contribution is -2.44. The molecule has 4 rings (SSSR count). The van der Waals surface area contributed by atoms with E-state index in [0.29, 0.717) is 18.3 Å². The van der Waals surface area contributed by atoms with E-state index in [4.69, 9.17) is 9.82 Å². The van der Waals surface area contributed by atoms with E-state index in [1.54, 1.807) is 0 Å². The molecule has 0 bridgehead atoms. The van der Waals surface area contributed by atoms with Crippen LogP contribution >= 0.6 is 0 Å². The van der Waals surface area contributed by atoms with Gasteiger partial charge in [0.25, 0.3) is 0 Å². The number of nitrogens with zero attached hydrogens (tertiary/aromatic N) is 6. The van der Waals surface area contributed by atoms with Crippen molar-refractivity contribution >= 4 is 29.1 Å². The number of hydrogen-bond donors (Lipinski definition) is 3. The van der Waals surface area contributed by atoms with Crippen LogP contribution in [-0.2, 0) is 4.84 Å². The highest BCUT2D eigenvalue weighted by atomic mass is 16.6. The third-order valence-electron chi connectivity index (χ3n) is 4.87. The number of H-pyrrole nitrogens is 1. The van der Waals surface area contributed by atoms with E-state index in [1.165, 1.54) is 0 Å². The number of nitrogens with one attached hydrogen (secondary N) is 3. The van der Waals surface area contributed by atoms with Gasteiger partial charge in [0.05, 0.1) is 12.3 Å². The Kier molecular flexibility index (Phi) is 5.29. The topological polar surface area (TPSA) is 107 Å². The molecule has 0 aromatic carbocycles. The second kappa shape index (κ2) is 8.01. The number of anilines is 4. The molecular formula is C18H27N9O. The predicted octanol–water partition coefficient (Wildman–Crippen LogP) is 1.58. The average molecular weight is 385 g/mol. The molecule has 4 heterocycles. The third-order valence-corrected chi connectivity index (χ3v) is 4.87. The summed E-state index contributed by atoms with van der Waals surface area (Å²) in [5, 5.41) is 17.7. The third kappa shape index (κ3) is 4.50. The van der Waals surface area contributed by atoms with Gasteiger partial charge in [-0.25, -0.2) is 0 Å². The van der Waals surface area contributed by atoms with Crippen molar-refractivity contribution in [1.82, 2.24) is 25.1 Å². The molecule has 0 aliphatic carbocycles. The van der Waals surface area contributed by atoms with Crippen LogP contribution in [0.4, 0.5) is 23.4 Å². The second-order valence-electron chi connectivity index (χ2n) is 7.43. The fourth-order valence-corrected chi connectivity index (χ4v) is 3.27. The van der Waals surface area contributed by atoms with Crippen molar-refractivity contribution in [3.63, 3.8) is 0 Å². The molecule has 2 aliphatic rings. The molecular weight excluding hydrogens is 358 g/mol. The summed E-state index contributed by atoms with van der Waals surface area (Å²) < 4.78 is 0. The molecule has 2 aromatic heterocycles. The van der Waals surface area contributed by atoms with Crippen molar-refractivity contribution in [2.24, 2.45) is 5.16 Å². The van der Waals surface area contributed by atoms with Crippen molar-refractivity contribution < 1.29 is 4.84 Å². The Balaban J connectivity index is 1.51. The average Bonchev–Trinajstić information content (AvgIpc) is 3.28. The van der Waals surface area contributed by atoms with E-state index in [0.717, 1.165) is 55.6 Å². The Morgan fingerprint density at radius 2 is 1.96 bits per heavy atom. The zero-order valence-electron chi connectivity index (χ0n) is 16.6. The zero-order valence-corrected chi connectivity index (χ0v) is 16.6. The number of aromatic amines is 1. The molecule has 0 saturated carbocycles. The summed E-state index contributed by atoms with van der Waals surface area (Å²) in [6.07, 6.45) is 0.837. The molecule has 28 heavy (non-hydrogen) atoms. The first-order chi connectivity index (χ1) is 13.5. The van der Waals surface area contributed by atoms with Gasteiger partial charge in [-0.15, -0.1) is 0 Å². The number of hydrogen-bond acceptors (Lipinski definition) is 9. The van der Waals surface area contributed by atoms with E-state index in [-0.39, 0.29) is 6.10 Å². The lowest BCUT2D eigenvalue weighted by molar-refractivity contribution is 0.0948. The Bertz CT molecular complexity index is 841. The summed E-state index contributed by atoms with van der Waals surface area (Å²) in [4.78, 5) is 19.3. The molecule has 1 fully saturated rings. The molecule has 1 atom stereocenters. The number of oxime groups is 1. The van der Waals surface area contributed by atoms with Crippen LogP contribution < -0.4 is 15.5 Å². The van der Waals surface area contributed by atoms with Gasteiger partial charge in [0.15, 0.2) is 5.82 Å². The van der Waals surface area contributed by atoms with Crippen LogP contribution in [0.15, 0.2) is 17.3 Å². The minimum absolute atomic E-state index is 0.0151. The molecule has 1 saturated heterocycles. The molecule has 10 nitrogen and oxygen atoms in total. The van der Waals surface area contributed by atoms with Crippen LogP contribution in [-0.4, -0.2) is 76.7 Å². The number of likely N-dealkylation sites (N-methyl/N-ethyl adjacent to an activating group) is 1. The maximum atomic E-state index is 5.40. The number of aromatic nitrogens is 4. The SMILES string of the molecule is CC1=NOC(CNc2nc(Nc3cc(C)[nH]n3)cc(N3CCN(C)CC3)n2)C1. The van der Waals surface area contributed by atoms with Gasteiger partial charge in [0, 0.05) is 50.4 Å². The molecule has 0 spiro atoms. The Hall–Kier alpha value is -2.88. The van der Waals surface area contributed by atoms with E-state index in [1.807, 2.05) is 26.0 Å². The van der Waals surface area contributed by atoms with Gasteiger partial charge < -0.3 is 25.3 Å². The van der Waals surface area contributed by atoms with Gasteiger partial charge in [-0.1, -0.05) is 5.16 Å². The smallest absolute Gasteiger partial charge is 0.226 e. The van der Waals surface area contributed by atoms with Crippen LogP contribution in [0.5, 0.6) is 0 Å². The van der Waals surface area contributed by atoms with Crippen molar-refractivity contribution in [2.45, 2.75) is 26.4 Å². The Labute approximate surface area is 164 Å². The van der Waals surface area contributed by atoms with E-state index in [9.17, 15) is 0 Å². The maximum absolute atomic E-state index is 5.40. The van der Waals surface area contributed by atoms with Crippen molar-refractivity contribution in [2.75, 3.05) is 55.3 Å². The van der Waals surface area contributed by atoms with Gasteiger partial charge in [-0.05, 0) is 20.9 Å². The highest BCUT2D eigenvalue weighted by Gasteiger charge is 2.20. The van der Waals surface area contributed by atoms with Gasteiger partial charge in [0.1, 0.15) is 17.7 Å². The number of piperazine rings is 1. The lowest BCUT2D eigenvalue weighted by atomic mass is 10.2. The molecule has 3 N–H and O–H groups in total. The first-order valence-corrected chi connectivity index (χ1v) is 9.60. The number of aryl methyl sites for hydroxylation is 1. The monoisotopic (exact) mass is 385 g/mol. The molecule has 1 unspecified atom stereocenters. The summed E-state index contributed by atoms with van der Waals surface area (Å²) in [6.45, 7) is 8.44. The van der Waals surface area contributed by atoms with E-state index in [2.05, 4.69) is 47.8 Å². The minimum atomic E-state index is 0.0151. The molecule has 150 valence electrons. The normalized spacial score (nSPS) is 20.0. The highest BCUT2D eigenvalue weighted by Crippen LogP contribution is 2.22. The zero-order chi connectivity index (χ0) is 19.5. The van der Waals surface area contributed by atoms with Crippen molar-refractivity contribution in [3.05, 3.63) is 17.8 Å².